The van der Waals surface area contributed by atoms with Crippen molar-refractivity contribution in [2.24, 2.45) is 23.2 Å². The van der Waals surface area contributed by atoms with Crippen LogP contribution in [0.4, 0.5) is 0 Å². The van der Waals surface area contributed by atoms with Gasteiger partial charge in [0.1, 0.15) is 0 Å². The number of fused-ring (bicyclic) bond motifs is 3. The molecule has 5 nitrogen and oxygen atoms in total. The Bertz CT molecular complexity index is 876. The van der Waals surface area contributed by atoms with Crippen LogP contribution in [-0.2, 0) is 14.3 Å². The predicted molar refractivity (Wildman–Crippen MR) is 114 cm³/mol. The Labute approximate surface area is 178 Å². The van der Waals surface area contributed by atoms with Gasteiger partial charge in [0.25, 0.3) is 0 Å². The molecule has 1 saturated heterocycles. The van der Waals surface area contributed by atoms with Crippen LogP contribution in [-0.4, -0.2) is 39.8 Å². The number of carboxylic acids is 1. The van der Waals surface area contributed by atoms with E-state index in [1.807, 2.05) is 6.92 Å². The number of carbonyl (C=O) groups excluding carboxylic acids is 1. The van der Waals surface area contributed by atoms with Gasteiger partial charge >= 0.3 is 5.97 Å². The lowest BCUT2D eigenvalue weighted by atomic mass is 9.62. The summed E-state index contributed by atoms with van der Waals surface area (Å²) in [6, 6.07) is 0. The third-order valence-electron chi connectivity index (χ3n) is 8.33. The maximum absolute atomic E-state index is 12.6. The number of carbonyl (C=O) groups is 2. The number of hydrogen-bond acceptors (Lipinski definition) is 4. The second-order valence-electron chi connectivity index (χ2n) is 10.6. The van der Waals surface area contributed by atoms with E-state index in [1.165, 1.54) is 5.57 Å². The topological polar surface area (TPSA) is 83.8 Å². The molecule has 2 N–H and O–H groups in total. The molecule has 0 bridgehead atoms. The second-order valence-corrected chi connectivity index (χ2v) is 10.6. The standard InChI is InChI=1S/C25H34O5/c1-13(2)8-16-10-15(4)25(30-16)7-6-24(5)12-17-14(3)9-18(26)21(17)22(23(28)29)19(27)11-20(24)25/h8-9,15-17,19-20,27H,6-7,10-12H2,1-5H3,(H,28,29)/b22-21-/t15-,16-,17+,19-,20+,24+,25-/m0/s1. The van der Waals surface area contributed by atoms with Crippen molar-refractivity contribution in [3.8, 4) is 0 Å². The quantitative estimate of drug-likeness (QED) is 0.661. The molecule has 0 aromatic heterocycles. The van der Waals surface area contributed by atoms with Gasteiger partial charge in [-0.1, -0.05) is 31.1 Å². The van der Waals surface area contributed by atoms with Crippen LogP contribution in [0.5, 0.6) is 0 Å². The Morgan fingerprint density at radius 3 is 2.60 bits per heavy atom. The highest BCUT2D eigenvalue weighted by atomic mass is 16.5. The molecule has 0 amide bonds. The smallest absolute Gasteiger partial charge is 0.334 e. The average Bonchev–Trinajstić information content (AvgIpc) is 3.16. The van der Waals surface area contributed by atoms with Crippen LogP contribution in [0.1, 0.15) is 66.7 Å². The summed E-state index contributed by atoms with van der Waals surface area (Å²) in [4.78, 5) is 24.8. The summed E-state index contributed by atoms with van der Waals surface area (Å²) in [6.45, 7) is 10.6. The van der Waals surface area contributed by atoms with Crippen LogP contribution in [0.15, 0.2) is 34.4 Å². The van der Waals surface area contributed by atoms with Gasteiger partial charge in [0.05, 0.1) is 23.4 Å². The summed E-state index contributed by atoms with van der Waals surface area (Å²) in [6.07, 6.45) is 6.52. The SMILES string of the molecule is CC(C)=C[C@H]1C[C@H](C)[C@]2(CC[C@]3(C)C[C@@H]4C(C)=CC(=O)/C4=C(\C(=O)O)[C@@H](O)C[C@H]32)O1. The maximum atomic E-state index is 12.6. The lowest BCUT2D eigenvalue weighted by molar-refractivity contribution is -0.135. The summed E-state index contributed by atoms with van der Waals surface area (Å²) in [5.74, 6) is -1.29. The van der Waals surface area contributed by atoms with Gasteiger partial charge in [-0.15, -0.1) is 0 Å². The highest BCUT2D eigenvalue weighted by Crippen LogP contribution is 2.63. The zero-order valence-corrected chi connectivity index (χ0v) is 18.7. The number of aliphatic hydroxyl groups excluding tert-OH is 1. The van der Waals surface area contributed by atoms with Gasteiger partial charge < -0.3 is 14.9 Å². The van der Waals surface area contributed by atoms with Gasteiger partial charge in [0.2, 0.25) is 0 Å². The van der Waals surface area contributed by atoms with Crippen molar-refractivity contribution in [1.29, 1.82) is 0 Å². The minimum atomic E-state index is -1.18. The van der Waals surface area contributed by atoms with Crippen molar-refractivity contribution >= 4 is 11.8 Å². The zero-order valence-electron chi connectivity index (χ0n) is 18.7. The lowest BCUT2D eigenvalue weighted by Crippen LogP contribution is -2.47. The minimum Gasteiger partial charge on any atom is -0.478 e. The molecule has 4 rings (SSSR count). The fourth-order valence-corrected chi connectivity index (χ4v) is 6.96. The second kappa shape index (κ2) is 7.16. The molecule has 0 aromatic carbocycles. The van der Waals surface area contributed by atoms with Gasteiger partial charge in [-0.25, -0.2) is 4.79 Å². The van der Waals surface area contributed by atoms with Gasteiger partial charge in [-0.3, -0.25) is 4.79 Å². The Kier molecular flexibility index (Phi) is 5.14. The average molecular weight is 415 g/mol. The summed E-state index contributed by atoms with van der Waals surface area (Å²) >= 11 is 0. The monoisotopic (exact) mass is 414 g/mol. The van der Waals surface area contributed by atoms with Crippen LogP contribution in [0.3, 0.4) is 0 Å². The number of ether oxygens (including phenoxy) is 1. The molecular formula is C25H34O5. The zero-order chi connectivity index (χ0) is 22.0. The van der Waals surface area contributed by atoms with Crippen LogP contribution in [0.25, 0.3) is 0 Å². The molecular weight excluding hydrogens is 380 g/mol. The summed E-state index contributed by atoms with van der Waals surface area (Å²) in [5, 5.41) is 21.0. The van der Waals surface area contributed by atoms with Gasteiger partial charge in [-0.2, -0.15) is 0 Å². The van der Waals surface area contributed by atoms with Crippen molar-refractivity contribution in [3.05, 3.63) is 34.4 Å². The molecule has 2 fully saturated rings. The van der Waals surface area contributed by atoms with E-state index >= 15 is 0 Å². The first kappa shape index (κ1) is 21.5. The maximum Gasteiger partial charge on any atom is 0.334 e. The largest absolute Gasteiger partial charge is 0.478 e. The highest BCUT2D eigenvalue weighted by molar-refractivity contribution is 6.12. The highest BCUT2D eigenvalue weighted by Gasteiger charge is 2.62. The Balaban J connectivity index is 1.79. The first-order valence-corrected chi connectivity index (χ1v) is 11.2. The molecule has 4 aliphatic rings. The number of carboxylic acid groups (broad SMARTS) is 1. The van der Waals surface area contributed by atoms with Crippen LogP contribution in [0.2, 0.25) is 0 Å². The van der Waals surface area contributed by atoms with E-state index in [1.54, 1.807) is 6.08 Å². The van der Waals surface area contributed by atoms with Crippen molar-refractivity contribution in [3.63, 3.8) is 0 Å². The first-order chi connectivity index (χ1) is 14.0. The summed E-state index contributed by atoms with van der Waals surface area (Å²) < 4.78 is 6.73. The van der Waals surface area contributed by atoms with E-state index in [4.69, 9.17) is 4.74 Å². The van der Waals surface area contributed by atoms with E-state index in [0.29, 0.717) is 17.9 Å². The molecule has 7 atom stereocenters. The molecule has 0 aromatic rings. The number of rotatable bonds is 2. The lowest BCUT2D eigenvalue weighted by Gasteiger charge is -2.45. The van der Waals surface area contributed by atoms with Crippen molar-refractivity contribution in [2.45, 2.75) is 84.5 Å². The fraction of sp³-hybridized carbons (Fsp3) is 0.680. The van der Waals surface area contributed by atoms with Crippen molar-refractivity contribution in [2.75, 3.05) is 0 Å². The molecule has 0 radical (unpaired) electrons. The van der Waals surface area contributed by atoms with E-state index in [-0.39, 0.29) is 40.3 Å². The third-order valence-corrected chi connectivity index (χ3v) is 8.33. The molecule has 30 heavy (non-hydrogen) atoms. The number of aliphatic hydroxyl groups is 1. The van der Waals surface area contributed by atoms with E-state index in [9.17, 15) is 19.8 Å². The van der Waals surface area contributed by atoms with Crippen molar-refractivity contribution < 1.29 is 24.5 Å². The fourth-order valence-electron chi connectivity index (χ4n) is 6.96. The van der Waals surface area contributed by atoms with E-state index in [2.05, 4.69) is 33.8 Å². The number of aliphatic carboxylic acids is 1. The molecule has 164 valence electrons. The molecule has 1 spiro atoms. The molecule has 5 heteroatoms. The number of ketones is 1. The van der Waals surface area contributed by atoms with E-state index < -0.39 is 12.1 Å². The summed E-state index contributed by atoms with van der Waals surface area (Å²) in [7, 11) is 0. The molecule has 1 aliphatic heterocycles. The van der Waals surface area contributed by atoms with Crippen LogP contribution in [0, 0.1) is 23.2 Å². The van der Waals surface area contributed by atoms with E-state index in [0.717, 1.165) is 31.3 Å². The predicted octanol–water partition coefficient (Wildman–Crippen LogP) is 4.21. The van der Waals surface area contributed by atoms with Crippen LogP contribution >= 0.6 is 0 Å². The number of allylic oxidation sites excluding steroid dienone is 4. The van der Waals surface area contributed by atoms with Gasteiger partial charge in [-0.05, 0) is 76.2 Å². The molecule has 0 unspecified atom stereocenters. The van der Waals surface area contributed by atoms with Gasteiger partial charge in [0, 0.05) is 11.5 Å². The Morgan fingerprint density at radius 2 is 1.97 bits per heavy atom. The normalized spacial score (nSPS) is 45.6. The first-order valence-electron chi connectivity index (χ1n) is 11.2. The third kappa shape index (κ3) is 3.13. The van der Waals surface area contributed by atoms with Gasteiger partial charge in [0.15, 0.2) is 5.78 Å². The van der Waals surface area contributed by atoms with Crippen LogP contribution < -0.4 is 0 Å². The van der Waals surface area contributed by atoms with Crippen molar-refractivity contribution in [1.82, 2.24) is 0 Å². The molecule has 1 saturated carbocycles. The number of hydrogen-bond donors (Lipinski definition) is 2. The Hall–Kier alpha value is -1.72. The molecule has 1 heterocycles. The minimum absolute atomic E-state index is 0.0463. The summed E-state index contributed by atoms with van der Waals surface area (Å²) in [5.41, 5.74) is 1.87. The molecule has 3 aliphatic carbocycles. The Morgan fingerprint density at radius 1 is 1.27 bits per heavy atom.